The molecule has 70 valence electrons. The number of hydrogen-bond donors (Lipinski definition) is 1. The zero-order valence-corrected chi connectivity index (χ0v) is 7.60. The molecule has 2 N–H and O–H groups in total. The number of nitrogens with zero attached hydrogens (tertiary/aromatic N) is 2. The largest absolute Gasteiger partial charge is 0.328 e. The lowest BCUT2D eigenvalue weighted by Gasteiger charge is -2.02. The molecular weight excluding hydrogens is 166 g/mol. The molecule has 1 rings (SSSR count). The third-order valence-electron chi connectivity index (χ3n) is 1.68. The molecule has 0 bridgehead atoms. The van der Waals surface area contributed by atoms with Crippen molar-refractivity contribution in [2.24, 2.45) is 5.73 Å². The summed E-state index contributed by atoms with van der Waals surface area (Å²) in [5.74, 6) is 0.00500. The van der Waals surface area contributed by atoms with Crippen molar-refractivity contribution in [2.75, 3.05) is 0 Å². The zero-order valence-electron chi connectivity index (χ0n) is 7.60. The molecule has 0 aliphatic heterocycles. The van der Waals surface area contributed by atoms with Crippen LogP contribution in [0, 0.1) is 0 Å². The topological polar surface area (TPSA) is 68.9 Å². The van der Waals surface area contributed by atoms with Gasteiger partial charge in [-0.25, -0.2) is 4.98 Å². The number of Topliss-reactive ketones (excluding diaryl/α,β-unsaturated/α-hetero) is 1. The second-order valence-corrected chi connectivity index (χ2v) is 3.03. The average Bonchev–Trinajstić information content (AvgIpc) is 2.15. The molecule has 0 fully saturated rings. The number of rotatable bonds is 4. The summed E-state index contributed by atoms with van der Waals surface area (Å²) in [5.41, 5.74) is 5.95. The van der Waals surface area contributed by atoms with Gasteiger partial charge in [-0.1, -0.05) is 0 Å². The van der Waals surface area contributed by atoms with Crippen LogP contribution >= 0.6 is 0 Å². The highest BCUT2D eigenvalue weighted by Crippen LogP contribution is 2.01. The van der Waals surface area contributed by atoms with Gasteiger partial charge in [-0.15, -0.1) is 0 Å². The molecule has 1 atom stereocenters. The van der Waals surface area contributed by atoms with E-state index in [1.54, 1.807) is 6.20 Å². The van der Waals surface area contributed by atoms with Gasteiger partial charge in [0.05, 0.1) is 6.20 Å². The Hall–Kier alpha value is -1.29. The molecule has 4 heteroatoms. The van der Waals surface area contributed by atoms with Crippen LogP contribution in [-0.2, 0) is 0 Å². The first kappa shape index (κ1) is 9.80. The third-order valence-corrected chi connectivity index (χ3v) is 1.68. The van der Waals surface area contributed by atoms with Crippen LogP contribution in [-0.4, -0.2) is 21.8 Å². The quantitative estimate of drug-likeness (QED) is 0.694. The van der Waals surface area contributed by atoms with Gasteiger partial charge in [0.2, 0.25) is 0 Å². The van der Waals surface area contributed by atoms with E-state index in [0.29, 0.717) is 18.5 Å². The predicted octanol–water partition coefficient (Wildman–Crippen LogP) is 0.787. The van der Waals surface area contributed by atoms with Crippen LogP contribution in [0.15, 0.2) is 18.6 Å². The highest BCUT2D eigenvalue weighted by atomic mass is 16.1. The standard InChI is InChI=1S/C9H13N3O/c1-7(10)2-3-9(13)8-6-11-4-5-12-8/h4-7H,2-3,10H2,1H3. The Morgan fingerprint density at radius 1 is 1.62 bits per heavy atom. The van der Waals surface area contributed by atoms with Gasteiger partial charge in [0.25, 0.3) is 0 Å². The van der Waals surface area contributed by atoms with Crippen molar-refractivity contribution in [3.8, 4) is 0 Å². The Bertz CT molecular complexity index is 271. The lowest BCUT2D eigenvalue weighted by molar-refractivity contribution is 0.0973. The van der Waals surface area contributed by atoms with Crippen molar-refractivity contribution < 1.29 is 4.79 Å². The first-order valence-electron chi connectivity index (χ1n) is 4.25. The molecule has 0 saturated carbocycles. The lowest BCUT2D eigenvalue weighted by atomic mass is 10.1. The molecule has 0 amide bonds. The summed E-state index contributed by atoms with van der Waals surface area (Å²) >= 11 is 0. The van der Waals surface area contributed by atoms with Crippen molar-refractivity contribution in [3.05, 3.63) is 24.3 Å². The highest BCUT2D eigenvalue weighted by molar-refractivity contribution is 5.93. The van der Waals surface area contributed by atoms with Gasteiger partial charge in [-0.3, -0.25) is 9.78 Å². The van der Waals surface area contributed by atoms with Crippen LogP contribution in [0.5, 0.6) is 0 Å². The van der Waals surface area contributed by atoms with Crippen LogP contribution in [0.1, 0.15) is 30.3 Å². The van der Waals surface area contributed by atoms with E-state index in [1.165, 1.54) is 12.4 Å². The van der Waals surface area contributed by atoms with Gasteiger partial charge < -0.3 is 5.73 Å². The van der Waals surface area contributed by atoms with Crippen molar-refractivity contribution in [2.45, 2.75) is 25.8 Å². The fraction of sp³-hybridized carbons (Fsp3) is 0.444. The molecule has 0 aliphatic carbocycles. The fourth-order valence-electron chi connectivity index (χ4n) is 0.930. The second kappa shape index (κ2) is 4.67. The number of ketones is 1. The Kier molecular flexibility index (Phi) is 3.52. The van der Waals surface area contributed by atoms with Gasteiger partial charge >= 0.3 is 0 Å². The lowest BCUT2D eigenvalue weighted by Crippen LogP contribution is -2.16. The number of aromatic nitrogens is 2. The summed E-state index contributed by atoms with van der Waals surface area (Å²) in [7, 11) is 0. The molecule has 1 aromatic heterocycles. The molecule has 0 radical (unpaired) electrons. The summed E-state index contributed by atoms with van der Waals surface area (Å²) in [4.78, 5) is 19.1. The predicted molar refractivity (Wildman–Crippen MR) is 49.2 cm³/mol. The van der Waals surface area contributed by atoms with Crippen LogP contribution in [0.25, 0.3) is 0 Å². The molecule has 4 nitrogen and oxygen atoms in total. The maximum Gasteiger partial charge on any atom is 0.182 e. The van der Waals surface area contributed by atoms with Crippen LogP contribution < -0.4 is 5.73 Å². The minimum atomic E-state index is 0.00500. The molecule has 1 unspecified atom stereocenters. The molecular formula is C9H13N3O. The highest BCUT2D eigenvalue weighted by Gasteiger charge is 2.07. The van der Waals surface area contributed by atoms with Gasteiger partial charge in [0.1, 0.15) is 5.69 Å². The third kappa shape index (κ3) is 3.29. The SMILES string of the molecule is CC(N)CCC(=O)c1cnccn1. The van der Waals surface area contributed by atoms with Gasteiger partial charge in [0.15, 0.2) is 5.78 Å². The summed E-state index contributed by atoms with van der Waals surface area (Å²) < 4.78 is 0. The Balaban J connectivity index is 2.50. The number of nitrogens with two attached hydrogens (primary N) is 1. The van der Waals surface area contributed by atoms with Crippen molar-refractivity contribution in [1.82, 2.24) is 9.97 Å². The van der Waals surface area contributed by atoms with Crippen molar-refractivity contribution >= 4 is 5.78 Å². The Morgan fingerprint density at radius 3 is 2.92 bits per heavy atom. The Labute approximate surface area is 77.2 Å². The zero-order chi connectivity index (χ0) is 9.68. The maximum absolute atomic E-state index is 11.4. The molecule has 0 saturated heterocycles. The minimum absolute atomic E-state index is 0.00500. The van der Waals surface area contributed by atoms with Crippen LogP contribution in [0.3, 0.4) is 0 Å². The van der Waals surface area contributed by atoms with Crippen LogP contribution in [0.4, 0.5) is 0 Å². The van der Waals surface area contributed by atoms with Crippen molar-refractivity contribution in [1.29, 1.82) is 0 Å². The van der Waals surface area contributed by atoms with E-state index in [9.17, 15) is 4.79 Å². The average molecular weight is 179 g/mol. The molecule has 0 aliphatic rings. The normalized spacial score (nSPS) is 12.5. The van der Waals surface area contributed by atoms with Crippen LogP contribution in [0.2, 0.25) is 0 Å². The van der Waals surface area contributed by atoms with E-state index in [1.807, 2.05) is 6.92 Å². The summed E-state index contributed by atoms with van der Waals surface area (Å²) in [5, 5.41) is 0. The first-order chi connectivity index (χ1) is 6.20. The van der Waals surface area contributed by atoms with Gasteiger partial charge in [-0.2, -0.15) is 0 Å². The summed E-state index contributed by atoms with van der Waals surface area (Å²) in [6.07, 6.45) is 5.66. The van der Waals surface area contributed by atoms with E-state index >= 15 is 0 Å². The fourth-order valence-corrected chi connectivity index (χ4v) is 0.930. The van der Waals surface area contributed by atoms with E-state index in [0.717, 1.165) is 0 Å². The van der Waals surface area contributed by atoms with Crippen molar-refractivity contribution in [3.63, 3.8) is 0 Å². The monoisotopic (exact) mass is 179 g/mol. The molecule has 0 aromatic carbocycles. The molecule has 1 aromatic rings. The second-order valence-electron chi connectivity index (χ2n) is 3.03. The minimum Gasteiger partial charge on any atom is -0.328 e. The smallest absolute Gasteiger partial charge is 0.182 e. The van der Waals surface area contributed by atoms with Gasteiger partial charge in [-0.05, 0) is 13.3 Å². The molecule has 1 heterocycles. The number of carbonyl (C=O) groups is 1. The van der Waals surface area contributed by atoms with E-state index < -0.39 is 0 Å². The molecule has 13 heavy (non-hydrogen) atoms. The first-order valence-corrected chi connectivity index (χ1v) is 4.25. The van der Waals surface area contributed by atoms with E-state index in [4.69, 9.17) is 5.73 Å². The summed E-state index contributed by atoms with van der Waals surface area (Å²) in [6, 6.07) is 0.0561. The van der Waals surface area contributed by atoms with E-state index in [2.05, 4.69) is 9.97 Å². The number of hydrogen-bond acceptors (Lipinski definition) is 4. The summed E-state index contributed by atoms with van der Waals surface area (Å²) in [6.45, 7) is 1.88. The Morgan fingerprint density at radius 2 is 2.38 bits per heavy atom. The van der Waals surface area contributed by atoms with E-state index in [-0.39, 0.29) is 11.8 Å². The maximum atomic E-state index is 11.4. The van der Waals surface area contributed by atoms with Gasteiger partial charge in [0, 0.05) is 24.9 Å². The molecule has 0 spiro atoms. The number of carbonyl (C=O) groups excluding carboxylic acids is 1.